The molecule has 0 aliphatic carbocycles. The Hall–Kier alpha value is 0.0600. The van der Waals surface area contributed by atoms with Crippen LogP contribution in [-0.2, 0) is 9.30 Å². The van der Waals surface area contributed by atoms with Crippen molar-refractivity contribution in [2.75, 3.05) is 18.1 Å². The number of nitrogens with zero attached hydrogens (tertiary/aromatic N) is 2. The molecule has 0 aromatic carbocycles. The van der Waals surface area contributed by atoms with Crippen LogP contribution in [0.25, 0.3) is 0 Å². The van der Waals surface area contributed by atoms with E-state index in [1.165, 1.54) is 16.3 Å². The number of ether oxygens (including phenoxy) is 1. The molecule has 1 aromatic rings. The van der Waals surface area contributed by atoms with Gasteiger partial charge in [-0.2, -0.15) is 4.98 Å². The van der Waals surface area contributed by atoms with Gasteiger partial charge < -0.3 is 30.3 Å². The fourth-order valence-corrected chi connectivity index (χ4v) is 2.26. The fraction of sp³-hybridized carbons (Fsp3) is 0.500. The summed E-state index contributed by atoms with van der Waals surface area (Å²) >= 11 is 1.47. The van der Waals surface area contributed by atoms with E-state index in [-0.39, 0.29) is 53.6 Å². The quantitative estimate of drug-likeness (QED) is 0.292. The van der Waals surface area contributed by atoms with Crippen molar-refractivity contribution in [2.45, 2.75) is 11.7 Å². The third-order valence-electron chi connectivity index (χ3n) is 2.04. The molecule has 10 nitrogen and oxygen atoms in total. The van der Waals surface area contributed by atoms with Crippen LogP contribution in [0.15, 0.2) is 17.1 Å². The predicted octanol–water partition coefficient (Wildman–Crippen LogP) is -2.17. The number of anilines is 1. The van der Waals surface area contributed by atoms with Crippen LogP contribution in [0.3, 0.4) is 0 Å². The van der Waals surface area contributed by atoms with Gasteiger partial charge in [-0.3, -0.25) is 4.57 Å². The SMILES string of the molecule is Nc1ccn([C@@H]2CS[C@H](CO)O2)c(=O)n1.O=P(O)(O)O.[NaH]. The molecule has 0 radical (unpaired) electrons. The Kier molecular flexibility index (Phi) is 9.28. The van der Waals surface area contributed by atoms with Crippen molar-refractivity contribution in [2.24, 2.45) is 0 Å². The van der Waals surface area contributed by atoms with E-state index in [0.717, 1.165) is 0 Å². The zero-order chi connectivity index (χ0) is 15.3. The van der Waals surface area contributed by atoms with Crippen molar-refractivity contribution in [1.29, 1.82) is 0 Å². The predicted molar refractivity (Wildman–Crippen MR) is 77.8 cm³/mol. The van der Waals surface area contributed by atoms with E-state index in [1.807, 2.05) is 0 Å². The van der Waals surface area contributed by atoms with E-state index < -0.39 is 13.5 Å². The van der Waals surface area contributed by atoms with Crippen LogP contribution in [0.5, 0.6) is 0 Å². The number of thioether (sulfide) groups is 1. The molecule has 2 rings (SSSR count). The van der Waals surface area contributed by atoms with Crippen molar-refractivity contribution in [3.8, 4) is 0 Å². The van der Waals surface area contributed by atoms with E-state index in [2.05, 4.69) is 4.98 Å². The van der Waals surface area contributed by atoms with Crippen molar-refractivity contribution < 1.29 is 29.1 Å². The molecule has 21 heavy (non-hydrogen) atoms. The molecule has 1 aliphatic heterocycles. The van der Waals surface area contributed by atoms with Crippen LogP contribution >= 0.6 is 19.6 Å². The van der Waals surface area contributed by atoms with Crippen LogP contribution in [0, 0.1) is 0 Å². The summed E-state index contributed by atoms with van der Waals surface area (Å²) in [6, 6.07) is 1.54. The van der Waals surface area contributed by atoms with Gasteiger partial charge in [0.05, 0.1) is 6.61 Å². The Bertz CT molecular complexity index is 545. The van der Waals surface area contributed by atoms with Gasteiger partial charge in [-0.25, -0.2) is 9.36 Å². The second-order valence-corrected chi connectivity index (χ2v) is 5.81. The standard InChI is InChI=1S/C8H11N3O3S.Na.H3O4P.H/c9-5-1-2-11(8(13)10-5)6-4-15-7(3-12)14-6;;1-5(2,3)4;/h1-2,6-7,12H,3-4H2,(H2,9,10,13);;(H3,1,2,3,4);/t6-,7+;;;/m0.../s1. The normalized spacial score (nSPS) is 21.1. The molecule has 0 unspecified atom stereocenters. The number of phosphoric acid groups is 1. The maximum atomic E-state index is 11.4. The summed E-state index contributed by atoms with van der Waals surface area (Å²) in [6.07, 6.45) is 1.18. The molecule has 0 bridgehead atoms. The minimum atomic E-state index is -4.64. The molecule has 116 valence electrons. The molecule has 13 heteroatoms. The first-order valence-corrected chi connectivity index (χ1v) is 7.83. The second-order valence-electron chi connectivity index (χ2n) is 3.59. The van der Waals surface area contributed by atoms with Gasteiger partial charge in [-0.15, -0.1) is 11.8 Å². The monoisotopic (exact) mass is 351 g/mol. The molecular formula is C8H15N3NaO7PS. The number of hydrogen-bond acceptors (Lipinski definition) is 7. The van der Waals surface area contributed by atoms with Gasteiger partial charge in [-0.05, 0) is 6.07 Å². The first-order valence-electron chi connectivity index (χ1n) is 5.21. The molecule has 1 aromatic heterocycles. The number of nitrogens with two attached hydrogens (primary N) is 1. The van der Waals surface area contributed by atoms with Crippen molar-refractivity contribution in [3.05, 3.63) is 22.7 Å². The van der Waals surface area contributed by atoms with Gasteiger partial charge in [-0.1, -0.05) is 0 Å². The van der Waals surface area contributed by atoms with E-state index in [1.54, 1.807) is 12.3 Å². The average Bonchev–Trinajstić information content (AvgIpc) is 2.75. The molecule has 2 atom stereocenters. The summed E-state index contributed by atoms with van der Waals surface area (Å²) in [5.74, 6) is 0.817. The number of aliphatic hydroxyl groups is 1. The topological polar surface area (TPSA) is 168 Å². The van der Waals surface area contributed by atoms with Crippen LogP contribution in [0.1, 0.15) is 6.23 Å². The van der Waals surface area contributed by atoms with Crippen LogP contribution in [-0.4, -0.2) is 76.7 Å². The Balaban J connectivity index is 0.000000583. The molecule has 0 saturated carbocycles. The molecular weight excluding hydrogens is 336 g/mol. The van der Waals surface area contributed by atoms with Crippen molar-refractivity contribution >= 4 is 55.0 Å². The van der Waals surface area contributed by atoms with Crippen LogP contribution in [0.2, 0.25) is 0 Å². The number of aliphatic hydroxyl groups excluding tert-OH is 1. The van der Waals surface area contributed by atoms with Gasteiger partial charge in [0.25, 0.3) is 0 Å². The third-order valence-corrected chi connectivity index (χ3v) is 3.15. The molecule has 6 N–H and O–H groups in total. The number of hydrogen-bond donors (Lipinski definition) is 5. The van der Waals surface area contributed by atoms with E-state index in [0.29, 0.717) is 5.75 Å². The fourth-order valence-electron chi connectivity index (χ4n) is 1.33. The van der Waals surface area contributed by atoms with E-state index in [9.17, 15) is 4.79 Å². The van der Waals surface area contributed by atoms with Gasteiger partial charge in [0.2, 0.25) is 0 Å². The Morgan fingerprint density at radius 1 is 1.52 bits per heavy atom. The zero-order valence-electron chi connectivity index (χ0n) is 10.1. The molecule has 1 aliphatic rings. The summed E-state index contributed by atoms with van der Waals surface area (Å²) in [5, 5.41) is 8.88. The van der Waals surface area contributed by atoms with Crippen LogP contribution < -0.4 is 11.4 Å². The van der Waals surface area contributed by atoms with Crippen molar-refractivity contribution in [1.82, 2.24) is 9.55 Å². The summed E-state index contributed by atoms with van der Waals surface area (Å²) < 4.78 is 15.7. The van der Waals surface area contributed by atoms with Gasteiger partial charge in [0, 0.05) is 11.9 Å². The molecule has 0 spiro atoms. The third kappa shape index (κ3) is 8.31. The molecule has 2 heterocycles. The average molecular weight is 351 g/mol. The first kappa shape index (κ1) is 21.1. The summed E-state index contributed by atoms with van der Waals surface area (Å²) in [5.41, 5.74) is 4.67. The molecule has 1 fully saturated rings. The van der Waals surface area contributed by atoms with Gasteiger partial charge in [0.1, 0.15) is 17.5 Å². The molecule has 1 saturated heterocycles. The number of nitrogen functional groups attached to an aromatic ring is 1. The Morgan fingerprint density at radius 3 is 2.52 bits per heavy atom. The second kappa shape index (κ2) is 9.26. The summed E-state index contributed by atoms with van der Waals surface area (Å²) in [4.78, 5) is 36.6. The number of rotatable bonds is 2. The minimum absolute atomic E-state index is 0. The first-order chi connectivity index (χ1) is 9.20. The maximum absolute atomic E-state index is 11.4. The van der Waals surface area contributed by atoms with E-state index >= 15 is 0 Å². The zero-order valence-corrected chi connectivity index (χ0v) is 11.8. The Labute approximate surface area is 145 Å². The van der Waals surface area contributed by atoms with Gasteiger partial charge in [0.15, 0.2) is 0 Å². The number of aromatic nitrogens is 2. The van der Waals surface area contributed by atoms with Gasteiger partial charge >= 0.3 is 43.1 Å². The van der Waals surface area contributed by atoms with E-state index in [4.69, 9.17) is 34.8 Å². The summed E-state index contributed by atoms with van der Waals surface area (Å²) in [7, 11) is -4.64. The molecule has 0 amide bonds. The summed E-state index contributed by atoms with van der Waals surface area (Å²) in [6.45, 7) is -0.0572. The Morgan fingerprint density at radius 2 is 2.10 bits per heavy atom. The van der Waals surface area contributed by atoms with Crippen molar-refractivity contribution in [3.63, 3.8) is 0 Å². The van der Waals surface area contributed by atoms with Crippen LogP contribution in [0.4, 0.5) is 5.82 Å².